The first-order chi connectivity index (χ1) is 13.2. The molecule has 0 bridgehead atoms. The third-order valence-electron chi connectivity index (χ3n) is 4.64. The van der Waals surface area contributed by atoms with Gasteiger partial charge in [-0.3, -0.25) is 10.1 Å². The topological polar surface area (TPSA) is 60.4 Å². The van der Waals surface area contributed by atoms with E-state index in [9.17, 15) is 0 Å². The summed E-state index contributed by atoms with van der Waals surface area (Å²) in [6, 6.07) is 16.8. The van der Waals surface area contributed by atoms with Crippen LogP contribution in [0.4, 0.5) is 0 Å². The van der Waals surface area contributed by atoms with Gasteiger partial charge in [0.05, 0.1) is 17.8 Å². The molecule has 6 nitrogen and oxygen atoms in total. The van der Waals surface area contributed by atoms with Gasteiger partial charge in [0.2, 0.25) is 0 Å². The highest BCUT2D eigenvalue weighted by atomic mass is 32.1. The van der Waals surface area contributed by atoms with Gasteiger partial charge in [0.1, 0.15) is 4.64 Å². The lowest BCUT2D eigenvalue weighted by atomic mass is 10.1. The summed E-state index contributed by atoms with van der Waals surface area (Å²) < 4.78 is 2.59. The third-order valence-corrected chi connectivity index (χ3v) is 5.04. The van der Waals surface area contributed by atoms with E-state index >= 15 is 0 Å². The SMILES string of the molecule is CCc1ccc(-n2[nH]cc(C3=NNNN3Cc3cccc(C)c3)c2=S)cc1. The number of rotatable bonds is 5. The predicted molar refractivity (Wildman–Crippen MR) is 110 cm³/mol. The fourth-order valence-corrected chi connectivity index (χ4v) is 3.48. The van der Waals surface area contributed by atoms with Crippen molar-refractivity contribution < 1.29 is 0 Å². The monoisotopic (exact) mass is 378 g/mol. The fourth-order valence-electron chi connectivity index (χ4n) is 3.17. The van der Waals surface area contributed by atoms with Crippen molar-refractivity contribution >= 4 is 18.1 Å². The molecule has 3 N–H and O–H groups in total. The maximum Gasteiger partial charge on any atom is 0.177 e. The van der Waals surface area contributed by atoms with Gasteiger partial charge in [-0.05, 0) is 36.6 Å². The number of amidine groups is 1. The molecule has 2 heterocycles. The lowest BCUT2D eigenvalue weighted by molar-refractivity contribution is 0.288. The van der Waals surface area contributed by atoms with Gasteiger partial charge in [0.15, 0.2) is 5.84 Å². The Morgan fingerprint density at radius 3 is 2.63 bits per heavy atom. The highest BCUT2D eigenvalue weighted by molar-refractivity contribution is 7.71. The van der Waals surface area contributed by atoms with Crippen LogP contribution in [0.2, 0.25) is 0 Å². The summed E-state index contributed by atoms with van der Waals surface area (Å²) in [5.41, 5.74) is 11.5. The zero-order valence-corrected chi connectivity index (χ0v) is 16.2. The quantitative estimate of drug-likeness (QED) is 0.594. The zero-order valence-electron chi connectivity index (χ0n) is 15.4. The Labute approximate surface area is 163 Å². The van der Waals surface area contributed by atoms with Gasteiger partial charge < -0.3 is 0 Å². The summed E-state index contributed by atoms with van der Waals surface area (Å²) in [6.07, 6.45) is 2.91. The van der Waals surface area contributed by atoms with Crippen LogP contribution in [0.3, 0.4) is 0 Å². The van der Waals surface area contributed by atoms with E-state index in [2.05, 4.69) is 83.6 Å². The summed E-state index contributed by atoms with van der Waals surface area (Å²) in [5.74, 6) is 0.765. The smallest absolute Gasteiger partial charge is 0.177 e. The van der Waals surface area contributed by atoms with Crippen molar-refractivity contribution in [1.29, 1.82) is 0 Å². The number of aryl methyl sites for hydroxylation is 2. The first-order valence-corrected chi connectivity index (χ1v) is 9.38. The molecule has 138 valence electrons. The van der Waals surface area contributed by atoms with E-state index < -0.39 is 0 Å². The Morgan fingerprint density at radius 1 is 1.07 bits per heavy atom. The summed E-state index contributed by atoms with van der Waals surface area (Å²) in [4.78, 5) is 0. The predicted octanol–water partition coefficient (Wildman–Crippen LogP) is 3.59. The summed E-state index contributed by atoms with van der Waals surface area (Å²) in [7, 11) is 0. The molecule has 1 aliphatic rings. The van der Waals surface area contributed by atoms with Crippen molar-refractivity contribution in [3.05, 3.63) is 81.6 Å². The van der Waals surface area contributed by atoms with Crippen molar-refractivity contribution in [3.63, 3.8) is 0 Å². The second-order valence-electron chi connectivity index (χ2n) is 6.58. The summed E-state index contributed by atoms with van der Waals surface area (Å²) in [6.45, 7) is 4.92. The molecule has 0 spiro atoms. The molecule has 27 heavy (non-hydrogen) atoms. The van der Waals surface area contributed by atoms with E-state index in [1.165, 1.54) is 16.7 Å². The van der Waals surface area contributed by atoms with Crippen molar-refractivity contribution in [3.8, 4) is 5.69 Å². The normalized spacial score (nSPS) is 13.6. The standard InChI is InChI=1S/C20H22N6S/c1-3-15-7-9-17(10-8-15)26-20(27)18(12-21-26)19-22-23-24-25(19)13-16-6-4-5-14(2)11-16/h4-12,21,23-24H,3,13H2,1-2H3. The first kappa shape index (κ1) is 17.5. The molecular weight excluding hydrogens is 356 g/mol. The van der Waals surface area contributed by atoms with Crippen LogP contribution in [0.25, 0.3) is 5.69 Å². The van der Waals surface area contributed by atoms with Gasteiger partial charge in [0.25, 0.3) is 0 Å². The summed E-state index contributed by atoms with van der Waals surface area (Å²) in [5, 5.41) is 9.59. The minimum absolute atomic E-state index is 0.679. The van der Waals surface area contributed by atoms with E-state index in [1.807, 2.05) is 15.9 Å². The van der Waals surface area contributed by atoms with E-state index in [0.717, 1.165) is 23.5 Å². The van der Waals surface area contributed by atoms with Crippen LogP contribution in [0.15, 0.2) is 59.8 Å². The lowest BCUT2D eigenvalue weighted by Crippen LogP contribution is -2.40. The molecule has 1 aliphatic heterocycles. The second kappa shape index (κ2) is 7.38. The number of hydrazone groups is 1. The number of benzene rings is 2. The number of hydrogen-bond donors (Lipinski definition) is 3. The molecule has 4 rings (SSSR count). The van der Waals surface area contributed by atoms with Crippen molar-refractivity contribution in [2.24, 2.45) is 5.10 Å². The molecule has 0 fully saturated rings. The molecule has 7 heteroatoms. The molecule has 3 aromatic rings. The van der Waals surface area contributed by atoms with Crippen LogP contribution in [-0.2, 0) is 13.0 Å². The molecular formula is C20H22N6S. The van der Waals surface area contributed by atoms with Gasteiger partial charge in [-0.2, -0.15) is 0 Å². The largest absolute Gasteiger partial charge is 0.299 e. The second-order valence-corrected chi connectivity index (χ2v) is 6.97. The number of aromatic nitrogens is 2. The molecule has 0 unspecified atom stereocenters. The molecule has 0 atom stereocenters. The molecule has 2 aromatic carbocycles. The number of aromatic amines is 1. The Kier molecular flexibility index (Phi) is 4.79. The van der Waals surface area contributed by atoms with Crippen molar-refractivity contribution in [2.75, 3.05) is 0 Å². The molecule has 0 saturated heterocycles. The average Bonchev–Trinajstić information content (AvgIpc) is 3.28. The van der Waals surface area contributed by atoms with Crippen LogP contribution in [0.1, 0.15) is 29.2 Å². The molecule has 0 amide bonds. The van der Waals surface area contributed by atoms with Crippen LogP contribution in [0.5, 0.6) is 0 Å². The van der Waals surface area contributed by atoms with Crippen LogP contribution in [-0.4, -0.2) is 20.6 Å². The maximum absolute atomic E-state index is 5.71. The number of hydrazine groups is 2. The number of nitrogens with zero attached hydrogens (tertiary/aromatic N) is 3. The third kappa shape index (κ3) is 3.51. The molecule has 0 aliphatic carbocycles. The van der Waals surface area contributed by atoms with Crippen LogP contribution in [0, 0.1) is 11.6 Å². The summed E-state index contributed by atoms with van der Waals surface area (Å²) >= 11 is 5.71. The van der Waals surface area contributed by atoms with E-state index in [4.69, 9.17) is 12.2 Å². The Morgan fingerprint density at radius 2 is 1.89 bits per heavy atom. The van der Waals surface area contributed by atoms with Gasteiger partial charge in [-0.1, -0.05) is 61.1 Å². The highest BCUT2D eigenvalue weighted by Gasteiger charge is 2.22. The van der Waals surface area contributed by atoms with Gasteiger partial charge >= 0.3 is 0 Å². The molecule has 0 saturated carbocycles. The Bertz CT molecular complexity index is 1030. The minimum Gasteiger partial charge on any atom is -0.299 e. The maximum atomic E-state index is 5.71. The van der Waals surface area contributed by atoms with Crippen LogP contribution >= 0.6 is 12.2 Å². The Balaban J connectivity index is 1.61. The number of nitrogens with one attached hydrogen (secondary N) is 3. The Hall–Kier alpha value is -2.90. The van der Waals surface area contributed by atoms with Gasteiger partial charge in [-0.15, -0.1) is 10.6 Å². The molecule has 1 aromatic heterocycles. The molecule has 0 radical (unpaired) electrons. The number of hydrogen-bond acceptors (Lipinski definition) is 5. The van der Waals surface area contributed by atoms with E-state index in [0.29, 0.717) is 11.2 Å². The van der Waals surface area contributed by atoms with E-state index in [1.54, 1.807) is 0 Å². The fraction of sp³-hybridized carbons (Fsp3) is 0.200. The van der Waals surface area contributed by atoms with Gasteiger partial charge in [0, 0.05) is 6.20 Å². The lowest BCUT2D eigenvalue weighted by Gasteiger charge is -2.18. The minimum atomic E-state index is 0.679. The van der Waals surface area contributed by atoms with Crippen LogP contribution < -0.4 is 11.1 Å². The van der Waals surface area contributed by atoms with Gasteiger partial charge in [-0.25, -0.2) is 10.2 Å². The zero-order chi connectivity index (χ0) is 18.8. The van der Waals surface area contributed by atoms with Crippen molar-refractivity contribution in [2.45, 2.75) is 26.8 Å². The first-order valence-electron chi connectivity index (χ1n) is 8.97. The number of H-pyrrole nitrogens is 1. The van der Waals surface area contributed by atoms with E-state index in [-0.39, 0.29) is 0 Å². The van der Waals surface area contributed by atoms with Crippen molar-refractivity contribution in [1.82, 2.24) is 25.9 Å². The average molecular weight is 379 g/mol. The highest BCUT2D eigenvalue weighted by Crippen LogP contribution is 2.17.